The molecular weight excluding hydrogens is 443 g/mol. The van der Waals surface area contributed by atoms with E-state index in [2.05, 4.69) is 21.2 Å². The van der Waals surface area contributed by atoms with Crippen LogP contribution in [0.3, 0.4) is 0 Å². The van der Waals surface area contributed by atoms with Crippen molar-refractivity contribution in [1.82, 2.24) is 0 Å². The van der Waals surface area contributed by atoms with Crippen LogP contribution in [0.15, 0.2) is 11.6 Å². The Labute approximate surface area is 157 Å². The van der Waals surface area contributed by atoms with Gasteiger partial charge in [0, 0.05) is 16.9 Å². The van der Waals surface area contributed by atoms with Gasteiger partial charge in [-0.15, -0.1) is 0 Å². The van der Waals surface area contributed by atoms with Crippen molar-refractivity contribution >= 4 is 42.4 Å². The number of hydrogen-bond acceptors (Lipinski definition) is 6. The number of benzene rings is 1. The maximum absolute atomic E-state index is 12.2. The minimum Gasteiger partial charge on any atom is -0.496 e. The van der Waals surface area contributed by atoms with E-state index in [9.17, 15) is 9.59 Å². The van der Waals surface area contributed by atoms with E-state index in [0.717, 1.165) is 28.7 Å². The molecule has 0 aliphatic carbocycles. The average molecular weight is 462 g/mol. The molecule has 7 heteroatoms. The van der Waals surface area contributed by atoms with E-state index in [4.69, 9.17) is 14.2 Å². The SMILES string of the molecule is COc1c(C)c2c(c(OCCSI)c1C/C=C(\C)C=O)C(=O)OC2. The van der Waals surface area contributed by atoms with Gasteiger partial charge in [0.2, 0.25) is 0 Å². The number of ether oxygens (including phenoxy) is 3. The second kappa shape index (κ2) is 8.75. The summed E-state index contributed by atoms with van der Waals surface area (Å²) in [5.74, 6) is 1.61. The quantitative estimate of drug-likeness (QED) is 0.193. The molecule has 2 rings (SSSR count). The molecule has 0 bridgehead atoms. The normalized spacial score (nSPS) is 13.5. The van der Waals surface area contributed by atoms with Crippen LogP contribution < -0.4 is 9.47 Å². The Bertz CT molecular complexity index is 684. The van der Waals surface area contributed by atoms with Crippen molar-refractivity contribution in [2.75, 3.05) is 19.5 Å². The summed E-state index contributed by atoms with van der Waals surface area (Å²) in [4.78, 5) is 23.1. The third-order valence-corrected chi connectivity index (χ3v) is 5.49. The van der Waals surface area contributed by atoms with Gasteiger partial charge in [-0.3, -0.25) is 4.79 Å². The van der Waals surface area contributed by atoms with Crippen LogP contribution in [-0.2, 0) is 22.6 Å². The maximum atomic E-state index is 12.2. The van der Waals surface area contributed by atoms with Crippen LogP contribution in [0.4, 0.5) is 0 Å². The van der Waals surface area contributed by atoms with Crippen LogP contribution in [0.1, 0.15) is 34.0 Å². The standard InChI is InChI=1S/C17H19IO5S/c1-10(8-19)4-5-12-15(21-3)11(2)13-9-23-17(20)14(13)16(12)22-6-7-24-18/h4,8H,5-7,9H2,1-3H3/b10-4+. The molecule has 0 amide bonds. The summed E-state index contributed by atoms with van der Waals surface area (Å²) >= 11 is 2.20. The summed E-state index contributed by atoms with van der Waals surface area (Å²) in [6.07, 6.45) is 3.05. The third kappa shape index (κ3) is 3.88. The minimum atomic E-state index is -0.370. The lowest BCUT2D eigenvalue weighted by Crippen LogP contribution is -2.10. The molecule has 0 radical (unpaired) electrons. The number of cyclic esters (lactones) is 1. The molecule has 0 unspecified atom stereocenters. The van der Waals surface area contributed by atoms with Gasteiger partial charge in [0.25, 0.3) is 0 Å². The van der Waals surface area contributed by atoms with E-state index >= 15 is 0 Å². The summed E-state index contributed by atoms with van der Waals surface area (Å²) < 4.78 is 16.7. The Hall–Kier alpha value is -1.22. The number of esters is 1. The molecule has 0 saturated heterocycles. The fraction of sp³-hybridized carbons (Fsp3) is 0.412. The Morgan fingerprint density at radius 3 is 2.79 bits per heavy atom. The first-order valence-corrected chi connectivity index (χ1v) is 11.0. The molecule has 24 heavy (non-hydrogen) atoms. The number of carbonyl (C=O) groups excluding carboxylic acids is 2. The largest absolute Gasteiger partial charge is 0.496 e. The third-order valence-electron chi connectivity index (χ3n) is 3.85. The summed E-state index contributed by atoms with van der Waals surface area (Å²) in [5, 5.41) is 0. The van der Waals surface area contributed by atoms with Gasteiger partial charge in [0.15, 0.2) is 0 Å². The molecule has 1 aliphatic heterocycles. The highest BCUT2D eigenvalue weighted by Gasteiger charge is 2.33. The lowest BCUT2D eigenvalue weighted by Gasteiger charge is -2.19. The smallest absolute Gasteiger partial charge is 0.342 e. The second-order valence-electron chi connectivity index (χ2n) is 5.33. The van der Waals surface area contributed by atoms with E-state index in [1.807, 2.05) is 6.92 Å². The Kier molecular flexibility index (Phi) is 6.97. The average Bonchev–Trinajstić information content (AvgIpc) is 2.97. The summed E-state index contributed by atoms with van der Waals surface area (Å²) in [5.41, 5.74) is 3.56. The molecule has 0 N–H and O–H groups in total. The number of fused-ring (bicyclic) bond motifs is 1. The summed E-state index contributed by atoms with van der Waals surface area (Å²) in [7, 11) is 3.23. The van der Waals surface area contributed by atoms with Crippen molar-refractivity contribution < 1.29 is 23.8 Å². The van der Waals surface area contributed by atoms with Crippen LogP contribution in [0.2, 0.25) is 0 Å². The van der Waals surface area contributed by atoms with Gasteiger partial charge in [-0.2, -0.15) is 0 Å². The van der Waals surface area contributed by atoms with E-state index in [-0.39, 0.29) is 12.6 Å². The van der Waals surface area contributed by atoms with Crippen molar-refractivity contribution in [3.8, 4) is 11.5 Å². The molecule has 1 aliphatic rings. The highest BCUT2D eigenvalue weighted by molar-refractivity contribution is 14.2. The van der Waals surface area contributed by atoms with Crippen molar-refractivity contribution in [1.29, 1.82) is 0 Å². The molecule has 0 spiro atoms. The lowest BCUT2D eigenvalue weighted by molar-refractivity contribution is -0.104. The molecule has 1 aromatic rings. The Morgan fingerprint density at radius 1 is 1.42 bits per heavy atom. The number of halogens is 1. The number of aldehydes is 1. The molecule has 5 nitrogen and oxygen atoms in total. The van der Waals surface area contributed by atoms with Crippen molar-refractivity contribution in [3.63, 3.8) is 0 Å². The molecule has 0 fully saturated rings. The summed E-state index contributed by atoms with van der Waals surface area (Å²) in [6, 6.07) is 0. The molecule has 1 heterocycles. The molecule has 130 valence electrons. The zero-order valence-corrected chi connectivity index (χ0v) is 16.8. The van der Waals surface area contributed by atoms with Gasteiger partial charge in [-0.1, -0.05) is 15.0 Å². The van der Waals surface area contributed by atoms with Gasteiger partial charge in [-0.25, -0.2) is 4.79 Å². The van der Waals surface area contributed by atoms with E-state index in [1.165, 1.54) is 0 Å². The van der Waals surface area contributed by atoms with Crippen molar-refractivity contribution in [2.24, 2.45) is 0 Å². The monoisotopic (exact) mass is 462 g/mol. The first-order chi connectivity index (χ1) is 11.5. The molecular formula is C17H19IO5S. The predicted molar refractivity (Wildman–Crippen MR) is 102 cm³/mol. The Balaban J connectivity index is 2.59. The fourth-order valence-corrected chi connectivity index (χ4v) is 3.34. The van der Waals surface area contributed by atoms with Gasteiger partial charge in [0.05, 0.1) is 13.7 Å². The topological polar surface area (TPSA) is 61.8 Å². The first-order valence-electron chi connectivity index (χ1n) is 7.42. The number of rotatable bonds is 8. The zero-order valence-electron chi connectivity index (χ0n) is 13.8. The molecule has 1 aromatic carbocycles. The van der Waals surface area contributed by atoms with Crippen LogP contribution in [0.5, 0.6) is 11.5 Å². The van der Waals surface area contributed by atoms with Crippen LogP contribution in [-0.4, -0.2) is 31.7 Å². The van der Waals surface area contributed by atoms with Gasteiger partial charge in [-0.05, 0) is 52.6 Å². The predicted octanol–water partition coefficient (Wildman–Crippen LogP) is 3.82. The van der Waals surface area contributed by atoms with Crippen LogP contribution in [0.25, 0.3) is 0 Å². The Morgan fingerprint density at radius 2 is 2.17 bits per heavy atom. The highest BCUT2D eigenvalue weighted by Crippen LogP contribution is 2.42. The number of carbonyl (C=O) groups is 2. The second-order valence-corrected chi connectivity index (χ2v) is 7.82. The fourth-order valence-electron chi connectivity index (χ4n) is 2.66. The van der Waals surface area contributed by atoms with E-state index in [1.54, 1.807) is 29.0 Å². The van der Waals surface area contributed by atoms with Gasteiger partial charge >= 0.3 is 5.97 Å². The van der Waals surface area contributed by atoms with E-state index < -0.39 is 0 Å². The molecule has 0 atom stereocenters. The van der Waals surface area contributed by atoms with E-state index in [0.29, 0.717) is 35.7 Å². The molecule has 0 aromatic heterocycles. The number of allylic oxidation sites excluding steroid dienone is 2. The summed E-state index contributed by atoms with van der Waals surface area (Å²) in [6.45, 7) is 4.35. The van der Waals surface area contributed by atoms with Crippen molar-refractivity contribution in [2.45, 2.75) is 26.9 Å². The van der Waals surface area contributed by atoms with Crippen LogP contribution >= 0.6 is 30.1 Å². The number of hydrogen-bond donors (Lipinski definition) is 0. The zero-order chi connectivity index (χ0) is 17.7. The maximum Gasteiger partial charge on any atom is 0.342 e. The number of methoxy groups -OCH3 is 1. The van der Waals surface area contributed by atoms with Gasteiger partial charge < -0.3 is 14.2 Å². The van der Waals surface area contributed by atoms with Gasteiger partial charge in [0.1, 0.15) is 30.0 Å². The first kappa shape index (κ1) is 19.1. The molecule has 0 saturated carbocycles. The highest BCUT2D eigenvalue weighted by atomic mass is 127. The lowest BCUT2D eigenvalue weighted by atomic mass is 9.95. The van der Waals surface area contributed by atoms with Crippen molar-refractivity contribution in [3.05, 3.63) is 33.9 Å². The van der Waals surface area contributed by atoms with Crippen LogP contribution in [0, 0.1) is 6.92 Å². The minimum absolute atomic E-state index is 0.233.